The van der Waals surface area contributed by atoms with E-state index >= 15 is 0 Å². The number of anilines is 1. The number of ether oxygens (including phenoxy) is 2. The summed E-state index contributed by atoms with van der Waals surface area (Å²) in [5.41, 5.74) is 1.11. The Morgan fingerprint density at radius 3 is 2.65 bits per heavy atom. The Balaban J connectivity index is 1.60. The van der Waals surface area contributed by atoms with Crippen LogP contribution >= 0.6 is 11.3 Å². The van der Waals surface area contributed by atoms with Crippen molar-refractivity contribution in [2.24, 2.45) is 0 Å². The van der Waals surface area contributed by atoms with E-state index in [2.05, 4.69) is 14.9 Å². The number of aromatic nitrogens is 2. The van der Waals surface area contributed by atoms with Crippen molar-refractivity contribution in [2.45, 2.75) is 11.3 Å². The number of thiophene rings is 1. The summed E-state index contributed by atoms with van der Waals surface area (Å²) < 4.78 is 44.5. The fourth-order valence-corrected chi connectivity index (χ4v) is 4.87. The molecule has 4 aromatic rings. The number of benzene rings is 2. The third kappa shape index (κ3) is 4.54. The van der Waals surface area contributed by atoms with Crippen LogP contribution in [-0.4, -0.2) is 32.8 Å². The molecule has 0 aliphatic rings. The van der Waals surface area contributed by atoms with Crippen molar-refractivity contribution in [2.75, 3.05) is 18.9 Å². The lowest BCUT2D eigenvalue weighted by atomic mass is 10.1. The Bertz CT molecular complexity index is 1280. The van der Waals surface area contributed by atoms with Crippen LogP contribution in [-0.2, 0) is 16.4 Å². The van der Waals surface area contributed by atoms with Crippen LogP contribution in [0.4, 0.5) is 5.69 Å². The highest BCUT2D eigenvalue weighted by molar-refractivity contribution is 7.92. The molecule has 2 aromatic carbocycles. The van der Waals surface area contributed by atoms with Gasteiger partial charge in [-0.2, -0.15) is 4.98 Å². The number of hydrogen-bond donors (Lipinski definition) is 1. The lowest BCUT2D eigenvalue weighted by molar-refractivity contribution is 0.385. The Kier molecular flexibility index (Phi) is 5.92. The number of nitrogens with one attached hydrogen (secondary N) is 1. The number of nitrogens with zero attached hydrogens (tertiary/aromatic N) is 2. The number of para-hydroxylation sites is 1. The molecule has 0 saturated heterocycles. The summed E-state index contributed by atoms with van der Waals surface area (Å²) in [5, 5.41) is 5.94. The van der Waals surface area contributed by atoms with E-state index in [9.17, 15) is 8.42 Å². The first-order valence-electron chi connectivity index (χ1n) is 9.19. The minimum absolute atomic E-state index is 0.00312. The molecule has 0 aliphatic carbocycles. The first kappa shape index (κ1) is 20.9. The molecule has 0 fully saturated rings. The molecule has 8 nitrogen and oxygen atoms in total. The molecule has 31 heavy (non-hydrogen) atoms. The van der Waals surface area contributed by atoms with E-state index in [4.69, 9.17) is 14.0 Å². The van der Waals surface area contributed by atoms with Crippen LogP contribution in [0.15, 0.2) is 69.4 Å². The zero-order valence-electron chi connectivity index (χ0n) is 16.7. The maximum atomic E-state index is 13.1. The van der Waals surface area contributed by atoms with Crippen LogP contribution in [0.3, 0.4) is 0 Å². The van der Waals surface area contributed by atoms with Gasteiger partial charge in [0.05, 0.1) is 31.2 Å². The van der Waals surface area contributed by atoms with E-state index in [0.29, 0.717) is 28.7 Å². The van der Waals surface area contributed by atoms with Gasteiger partial charge < -0.3 is 14.0 Å². The second-order valence-corrected chi connectivity index (χ2v) is 9.04. The summed E-state index contributed by atoms with van der Waals surface area (Å²) in [7, 11) is -1.02. The first-order valence-corrected chi connectivity index (χ1v) is 11.6. The standard InChI is InChI=1S/C21H19N3O5S2/c1-27-15-9-10-19(17(13-15)28-2)31(25,26)24-16-7-4-3-6-14(16)12-20-22-21(23-29-20)18-8-5-11-30-18/h3-11,13,24H,12H2,1-2H3. The SMILES string of the molecule is COc1ccc(S(=O)(=O)Nc2ccccc2Cc2nc(-c3cccs3)no2)c(OC)c1. The van der Waals surface area contributed by atoms with Crippen molar-refractivity contribution in [3.63, 3.8) is 0 Å². The quantitative estimate of drug-likeness (QED) is 0.423. The molecule has 10 heteroatoms. The van der Waals surface area contributed by atoms with Gasteiger partial charge in [0, 0.05) is 6.07 Å². The van der Waals surface area contributed by atoms with Crippen molar-refractivity contribution in [1.82, 2.24) is 10.1 Å². The molecule has 0 amide bonds. The molecular weight excluding hydrogens is 438 g/mol. The highest BCUT2D eigenvalue weighted by atomic mass is 32.2. The summed E-state index contributed by atoms with van der Waals surface area (Å²) in [5.74, 6) is 1.57. The summed E-state index contributed by atoms with van der Waals surface area (Å²) in [6.07, 6.45) is 0.275. The van der Waals surface area contributed by atoms with E-state index in [0.717, 1.165) is 4.88 Å². The lowest BCUT2D eigenvalue weighted by Crippen LogP contribution is -2.15. The number of methoxy groups -OCH3 is 2. The van der Waals surface area contributed by atoms with Gasteiger partial charge in [0.25, 0.3) is 10.0 Å². The van der Waals surface area contributed by atoms with Crippen molar-refractivity contribution < 1.29 is 22.4 Å². The number of rotatable bonds is 8. The van der Waals surface area contributed by atoms with Crippen molar-refractivity contribution >= 4 is 27.0 Å². The van der Waals surface area contributed by atoms with E-state index in [1.165, 1.54) is 37.7 Å². The maximum Gasteiger partial charge on any atom is 0.265 e. The predicted octanol–water partition coefficient (Wildman–Crippen LogP) is 4.21. The predicted molar refractivity (Wildman–Crippen MR) is 117 cm³/mol. The summed E-state index contributed by atoms with van der Waals surface area (Å²) in [4.78, 5) is 5.31. The molecular formula is C21H19N3O5S2. The molecule has 4 rings (SSSR count). The average molecular weight is 458 g/mol. The average Bonchev–Trinajstić information content (AvgIpc) is 3.46. The molecule has 0 bridgehead atoms. The largest absolute Gasteiger partial charge is 0.497 e. The molecule has 0 atom stereocenters. The Hall–Kier alpha value is -3.37. The third-order valence-electron chi connectivity index (χ3n) is 4.47. The third-order valence-corrected chi connectivity index (χ3v) is 6.74. The first-order chi connectivity index (χ1) is 15.0. The normalized spacial score (nSPS) is 11.3. The maximum absolute atomic E-state index is 13.1. The van der Waals surface area contributed by atoms with Gasteiger partial charge in [0.1, 0.15) is 16.4 Å². The Morgan fingerprint density at radius 2 is 1.90 bits per heavy atom. The fourth-order valence-electron chi connectivity index (χ4n) is 2.97. The molecule has 0 saturated carbocycles. The van der Waals surface area contributed by atoms with Crippen molar-refractivity contribution in [1.29, 1.82) is 0 Å². The zero-order valence-corrected chi connectivity index (χ0v) is 18.4. The van der Waals surface area contributed by atoms with Gasteiger partial charge in [0.15, 0.2) is 0 Å². The monoisotopic (exact) mass is 457 g/mol. The van der Waals surface area contributed by atoms with Crippen LogP contribution < -0.4 is 14.2 Å². The topological polar surface area (TPSA) is 104 Å². The Labute approximate surface area is 183 Å². The lowest BCUT2D eigenvalue weighted by Gasteiger charge is -2.14. The molecule has 2 heterocycles. The van der Waals surface area contributed by atoms with Crippen LogP contribution in [0.1, 0.15) is 11.5 Å². The van der Waals surface area contributed by atoms with Gasteiger partial charge in [0.2, 0.25) is 11.7 Å². The van der Waals surface area contributed by atoms with Gasteiger partial charge >= 0.3 is 0 Å². The molecule has 1 N–H and O–H groups in total. The molecule has 2 aromatic heterocycles. The smallest absolute Gasteiger partial charge is 0.265 e. The molecule has 0 spiro atoms. The van der Waals surface area contributed by atoms with E-state index < -0.39 is 10.0 Å². The van der Waals surface area contributed by atoms with E-state index in [1.54, 1.807) is 24.3 Å². The molecule has 0 aliphatic heterocycles. The summed E-state index contributed by atoms with van der Waals surface area (Å²) in [6, 6.07) is 15.4. The second-order valence-electron chi connectivity index (χ2n) is 6.45. The van der Waals surface area contributed by atoms with Crippen molar-refractivity contribution in [3.8, 4) is 22.2 Å². The van der Waals surface area contributed by atoms with Crippen LogP contribution in [0.2, 0.25) is 0 Å². The van der Waals surface area contributed by atoms with Crippen LogP contribution in [0, 0.1) is 0 Å². The highest BCUT2D eigenvalue weighted by Crippen LogP contribution is 2.31. The number of sulfonamides is 1. The Morgan fingerprint density at radius 1 is 1.06 bits per heavy atom. The minimum atomic E-state index is -3.92. The molecule has 0 radical (unpaired) electrons. The highest BCUT2D eigenvalue weighted by Gasteiger charge is 2.22. The van der Waals surface area contributed by atoms with E-state index in [1.807, 2.05) is 23.6 Å². The second kappa shape index (κ2) is 8.78. The molecule has 160 valence electrons. The van der Waals surface area contributed by atoms with Gasteiger partial charge in [-0.05, 0) is 35.2 Å². The van der Waals surface area contributed by atoms with Gasteiger partial charge in [-0.25, -0.2) is 8.42 Å². The van der Waals surface area contributed by atoms with Gasteiger partial charge in [-0.1, -0.05) is 29.4 Å². The van der Waals surface area contributed by atoms with Gasteiger partial charge in [-0.3, -0.25) is 4.72 Å². The summed E-state index contributed by atoms with van der Waals surface area (Å²) >= 11 is 1.51. The van der Waals surface area contributed by atoms with Crippen LogP contribution in [0.5, 0.6) is 11.5 Å². The fraction of sp³-hybridized carbons (Fsp3) is 0.143. The van der Waals surface area contributed by atoms with E-state index in [-0.39, 0.29) is 17.1 Å². The van der Waals surface area contributed by atoms with Crippen LogP contribution in [0.25, 0.3) is 10.7 Å². The zero-order chi connectivity index (χ0) is 21.8. The molecule has 0 unspecified atom stereocenters. The summed E-state index contributed by atoms with van der Waals surface area (Å²) in [6.45, 7) is 0. The minimum Gasteiger partial charge on any atom is -0.497 e. The van der Waals surface area contributed by atoms with Crippen molar-refractivity contribution in [3.05, 3.63) is 71.4 Å². The number of hydrogen-bond acceptors (Lipinski definition) is 8. The van der Waals surface area contributed by atoms with Gasteiger partial charge in [-0.15, -0.1) is 11.3 Å².